The molecule has 0 aliphatic rings. The first-order chi connectivity index (χ1) is 7.22. The van der Waals surface area contributed by atoms with E-state index in [2.05, 4.69) is 17.0 Å². The normalized spacial score (nSPS) is 10.3. The van der Waals surface area contributed by atoms with E-state index in [0.29, 0.717) is 0 Å². The van der Waals surface area contributed by atoms with Crippen molar-refractivity contribution in [3.63, 3.8) is 0 Å². The maximum atomic E-state index is 8.39. The lowest BCUT2D eigenvalue weighted by atomic mass is 10.1. The summed E-state index contributed by atoms with van der Waals surface area (Å²) in [4.78, 5) is 2.01. The molecular formula is C12H14N2O. The van der Waals surface area contributed by atoms with E-state index < -0.39 is 0 Å². The summed E-state index contributed by atoms with van der Waals surface area (Å²) in [6.45, 7) is 0.734. The highest BCUT2D eigenvalue weighted by Gasteiger charge is 1.90. The van der Waals surface area contributed by atoms with Gasteiger partial charge in [-0.1, -0.05) is 29.1 Å². The minimum atomic E-state index is 0.734. The van der Waals surface area contributed by atoms with Gasteiger partial charge in [-0.25, -0.2) is 0 Å². The van der Waals surface area contributed by atoms with Gasteiger partial charge >= 0.3 is 0 Å². The maximum absolute atomic E-state index is 8.39. The minimum Gasteiger partial charge on any atom is -0.411 e. The molecule has 0 spiro atoms. The Morgan fingerprint density at radius 1 is 1.47 bits per heavy atom. The van der Waals surface area contributed by atoms with Crippen LogP contribution in [0.5, 0.6) is 0 Å². The molecule has 0 saturated heterocycles. The van der Waals surface area contributed by atoms with Gasteiger partial charge in [-0.05, 0) is 31.8 Å². The third-order valence-electron chi connectivity index (χ3n) is 1.72. The van der Waals surface area contributed by atoms with Crippen LogP contribution >= 0.6 is 0 Å². The van der Waals surface area contributed by atoms with E-state index in [0.717, 1.165) is 17.7 Å². The first-order valence-corrected chi connectivity index (χ1v) is 4.63. The fourth-order valence-corrected chi connectivity index (χ4v) is 1.06. The van der Waals surface area contributed by atoms with Crippen molar-refractivity contribution in [1.82, 2.24) is 4.90 Å². The van der Waals surface area contributed by atoms with E-state index in [-0.39, 0.29) is 0 Å². The molecule has 0 aromatic heterocycles. The smallest absolute Gasteiger partial charge is 0.0734 e. The summed E-state index contributed by atoms with van der Waals surface area (Å²) in [5, 5.41) is 11.4. The van der Waals surface area contributed by atoms with Gasteiger partial charge in [-0.2, -0.15) is 0 Å². The molecule has 0 aliphatic heterocycles. The summed E-state index contributed by atoms with van der Waals surface area (Å²) in [6.07, 6.45) is 1.39. The number of rotatable bonds is 2. The quantitative estimate of drug-likeness (QED) is 0.340. The van der Waals surface area contributed by atoms with Crippen LogP contribution in [0.15, 0.2) is 29.4 Å². The van der Waals surface area contributed by atoms with Gasteiger partial charge in [-0.3, -0.25) is 4.90 Å². The molecule has 1 aromatic carbocycles. The topological polar surface area (TPSA) is 35.8 Å². The van der Waals surface area contributed by atoms with Gasteiger partial charge in [0, 0.05) is 5.56 Å². The maximum Gasteiger partial charge on any atom is 0.0734 e. The molecule has 0 aliphatic carbocycles. The van der Waals surface area contributed by atoms with Gasteiger partial charge < -0.3 is 5.21 Å². The van der Waals surface area contributed by atoms with Crippen molar-refractivity contribution < 1.29 is 5.21 Å². The van der Waals surface area contributed by atoms with E-state index in [1.807, 2.05) is 43.3 Å². The Hall–Kier alpha value is -1.79. The second-order valence-corrected chi connectivity index (χ2v) is 3.41. The molecule has 0 atom stereocenters. The van der Waals surface area contributed by atoms with Crippen LogP contribution < -0.4 is 0 Å². The number of nitrogens with zero attached hydrogens (tertiary/aromatic N) is 2. The van der Waals surface area contributed by atoms with Crippen molar-refractivity contribution in [3.8, 4) is 11.8 Å². The molecule has 0 amide bonds. The van der Waals surface area contributed by atoms with Crippen molar-refractivity contribution in [3.05, 3.63) is 35.4 Å². The van der Waals surface area contributed by atoms with Gasteiger partial charge in [0.1, 0.15) is 0 Å². The summed E-state index contributed by atoms with van der Waals surface area (Å²) in [6, 6.07) is 7.55. The summed E-state index contributed by atoms with van der Waals surface area (Å²) in [7, 11) is 3.95. The number of hydrogen-bond acceptors (Lipinski definition) is 3. The van der Waals surface area contributed by atoms with Crippen LogP contribution in [0.1, 0.15) is 11.1 Å². The Labute approximate surface area is 90.0 Å². The van der Waals surface area contributed by atoms with Gasteiger partial charge in [0.25, 0.3) is 0 Å². The Morgan fingerprint density at radius 2 is 2.27 bits per heavy atom. The van der Waals surface area contributed by atoms with Crippen LogP contribution in [0.25, 0.3) is 0 Å². The molecule has 0 bridgehead atoms. The molecule has 0 saturated carbocycles. The van der Waals surface area contributed by atoms with Crippen molar-refractivity contribution in [1.29, 1.82) is 0 Å². The Bertz CT molecular complexity index is 400. The first-order valence-electron chi connectivity index (χ1n) is 4.63. The minimum absolute atomic E-state index is 0.734. The molecule has 1 rings (SSSR count). The molecule has 0 fully saturated rings. The zero-order chi connectivity index (χ0) is 11.1. The predicted molar refractivity (Wildman–Crippen MR) is 61.3 cm³/mol. The Kier molecular flexibility index (Phi) is 4.39. The van der Waals surface area contributed by atoms with Gasteiger partial charge in [0.2, 0.25) is 0 Å². The van der Waals surface area contributed by atoms with E-state index >= 15 is 0 Å². The summed E-state index contributed by atoms with van der Waals surface area (Å²) in [5.41, 5.74) is 1.77. The molecule has 0 radical (unpaired) electrons. The molecule has 15 heavy (non-hydrogen) atoms. The SMILES string of the molecule is CN(C)CC#Cc1cccc(/C=N\O)c1. The zero-order valence-electron chi connectivity index (χ0n) is 8.94. The first kappa shape index (κ1) is 11.3. The molecule has 0 heterocycles. The van der Waals surface area contributed by atoms with E-state index in [1.165, 1.54) is 6.21 Å². The van der Waals surface area contributed by atoms with Gasteiger partial charge in [0.05, 0.1) is 12.8 Å². The second kappa shape index (κ2) is 5.84. The number of benzene rings is 1. The average molecular weight is 202 g/mol. The fourth-order valence-electron chi connectivity index (χ4n) is 1.06. The molecule has 78 valence electrons. The highest BCUT2D eigenvalue weighted by atomic mass is 16.4. The van der Waals surface area contributed by atoms with Crippen molar-refractivity contribution in [2.75, 3.05) is 20.6 Å². The standard InChI is InChI=1S/C12H14N2O/c1-14(2)8-4-7-11-5-3-6-12(9-11)10-13-15/h3,5-6,9-10,15H,8H2,1-2H3/b13-10-. The van der Waals surface area contributed by atoms with Crippen LogP contribution in [0.2, 0.25) is 0 Å². The van der Waals surface area contributed by atoms with Crippen LogP contribution in [0, 0.1) is 11.8 Å². The third-order valence-corrected chi connectivity index (χ3v) is 1.72. The van der Waals surface area contributed by atoms with Crippen LogP contribution in [0.3, 0.4) is 0 Å². The van der Waals surface area contributed by atoms with Crippen LogP contribution in [-0.4, -0.2) is 37.0 Å². The Morgan fingerprint density at radius 3 is 2.93 bits per heavy atom. The van der Waals surface area contributed by atoms with Crippen LogP contribution in [-0.2, 0) is 0 Å². The van der Waals surface area contributed by atoms with Crippen molar-refractivity contribution in [2.24, 2.45) is 5.16 Å². The predicted octanol–water partition coefficient (Wildman–Crippen LogP) is 1.41. The van der Waals surface area contributed by atoms with E-state index in [1.54, 1.807) is 0 Å². The molecule has 0 unspecified atom stereocenters. The van der Waals surface area contributed by atoms with Crippen LogP contribution in [0.4, 0.5) is 0 Å². The summed E-state index contributed by atoms with van der Waals surface area (Å²) in [5.74, 6) is 6.08. The average Bonchev–Trinajstić information content (AvgIpc) is 2.18. The van der Waals surface area contributed by atoms with Crippen molar-refractivity contribution in [2.45, 2.75) is 0 Å². The van der Waals surface area contributed by atoms with Gasteiger partial charge in [-0.15, -0.1) is 0 Å². The van der Waals surface area contributed by atoms with Crippen molar-refractivity contribution >= 4 is 6.21 Å². The molecule has 3 nitrogen and oxygen atoms in total. The lowest BCUT2D eigenvalue weighted by Gasteiger charge is -2.00. The molecule has 3 heteroatoms. The number of oxime groups is 1. The molecular weight excluding hydrogens is 188 g/mol. The highest BCUT2D eigenvalue weighted by Crippen LogP contribution is 2.01. The Balaban J connectivity index is 2.76. The van der Waals surface area contributed by atoms with E-state index in [4.69, 9.17) is 5.21 Å². The monoisotopic (exact) mass is 202 g/mol. The lowest BCUT2D eigenvalue weighted by molar-refractivity contribution is 0.322. The molecule has 1 aromatic rings. The summed E-state index contributed by atoms with van der Waals surface area (Å²) < 4.78 is 0. The van der Waals surface area contributed by atoms with E-state index in [9.17, 15) is 0 Å². The highest BCUT2D eigenvalue weighted by molar-refractivity contribution is 5.79. The zero-order valence-corrected chi connectivity index (χ0v) is 8.94. The lowest BCUT2D eigenvalue weighted by Crippen LogP contribution is -2.10. The molecule has 1 N–H and O–H groups in total. The second-order valence-electron chi connectivity index (χ2n) is 3.41. The summed E-state index contributed by atoms with van der Waals surface area (Å²) >= 11 is 0. The third kappa shape index (κ3) is 4.30. The largest absolute Gasteiger partial charge is 0.411 e. The number of hydrogen-bond donors (Lipinski definition) is 1. The van der Waals surface area contributed by atoms with Gasteiger partial charge in [0.15, 0.2) is 0 Å². The fraction of sp³-hybridized carbons (Fsp3) is 0.250.